The lowest BCUT2D eigenvalue weighted by atomic mass is 10.0. The van der Waals surface area contributed by atoms with Gasteiger partial charge in [-0.2, -0.15) is 0 Å². The van der Waals surface area contributed by atoms with Crippen molar-refractivity contribution < 1.29 is 19.7 Å². The molecule has 0 aromatic rings. The van der Waals surface area contributed by atoms with Gasteiger partial charge >= 0.3 is 0 Å². The minimum Gasteiger partial charge on any atom is -0.394 e. The highest BCUT2D eigenvalue weighted by atomic mass is 16.5. The number of aliphatic hydroxyl groups excluding tert-OH is 2. The van der Waals surface area contributed by atoms with Gasteiger partial charge < -0.3 is 25.2 Å². The summed E-state index contributed by atoms with van der Waals surface area (Å²) >= 11 is 0. The predicted molar refractivity (Wildman–Crippen MR) is 89.6 cm³/mol. The van der Waals surface area contributed by atoms with Crippen LogP contribution in [0.4, 0.5) is 0 Å². The summed E-state index contributed by atoms with van der Waals surface area (Å²) in [6, 6.07) is -0.167. The van der Waals surface area contributed by atoms with Gasteiger partial charge in [-0.25, -0.2) is 0 Å². The van der Waals surface area contributed by atoms with Crippen LogP contribution in [0, 0.1) is 5.92 Å². The summed E-state index contributed by atoms with van der Waals surface area (Å²) in [5.74, 6) is 0.238. The van der Waals surface area contributed by atoms with E-state index >= 15 is 0 Å². The van der Waals surface area contributed by atoms with Crippen molar-refractivity contribution in [3.8, 4) is 0 Å². The van der Waals surface area contributed by atoms with Crippen LogP contribution in [-0.2, 0) is 9.53 Å². The molecule has 0 aromatic carbocycles. The third-order valence-corrected chi connectivity index (χ3v) is 5.80. The highest BCUT2D eigenvalue weighted by Gasteiger charge is 2.46. The molecule has 7 heteroatoms. The quantitative estimate of drug-likeness (QED) is 0.597. The van der Waals surface area contributed by atoms with E-state index < -0.39 is 12.2 Å². The summed E-state index contributed by atoms with van der Waals surface area (Å²) < 4.78 is 5.86. The molecule has 0 unspecified atom stereocenters. The number of rotatable bonds is 5. The molecule has 1 saturated carbocycles. The van der Waals surface area contributed by atoms with Gasteiger partial charge in [0.1, 0.15) is 12.2 Å². The number of hydrogen-bond acceptors (Lipinski definition) is 6. The summed E-state index contributed by atoms with van der Waals surface area (Å²) in [5, 5.41) is 23.0. The fraction of sp³-hybridized carbons (Fsp3) is 0.941. The minimum absolute atomic E-state index is 0.107. The maximum Gasteiger partial charge on any atom is 0.223 e. The molecule has 0 radical (unpaired) electrons. The van der Waals surface area contributed by atoms with E-state index in [0.717, 1.165) is 51.9 Å². The van der Waals surface area contributed by atoms with Gasteiger partial charge in [-0.3, -0.25) is 9.69 Å². The minimum atomic E-state index is -0.716. The number of hydrogen-bond donors (Lipinski definition) is 3. The number of amides is 1. The van der Waals surface area contributed by atoms with Gasteiger partial charge in [-0.05, 0) is 19.9 Å². The van der Waals surface area contributed by atoms with Crippen molar-refractivity contribution in [3.63, 3.8) is 0 Å². The normalized spacial score (nSPS) is 36.3. The Morgan fingerprint density at radius 3 is 2.46 bits per heavy atom. The number of nitrogens with zero attached hydrogens (tertiary/aromatic N) is 2. The first-order valence-corrected chi connectivity index (χ1v) is 9.25. The Labute approximate surface area is 143 Å². The monoisotopic (exact) mass is 341 g/mol. The molecule has 3 rings (SSSR count). The van der Waals surface area contributed by atoms with E-state index in [2.05, 4.69) is 22.2 Å². The average molecular weight is 341 g/mol. The van der Waals surface area contributed by atoms with E-state index in [0.29, 0.717) is 6.54 Å². The number of carbonyl (C=O) groups is 1. The van der Waals surface area contributed by atoms with Crippen molar-refractivity contribution in [2.75, 3.05) is 46.4 Å². The lowest BCUT2D eigenvalue weighted by Gasteiger charge is -2.39. The van der Waals surface area contributed by atoms with Crippen LogP contribution >= 0.6 is 0 Å². The van der Waals surface area contributed by atoms with E-state index in [1.54, 1.807) is 0 Å². The number of carbonyl (C=O) groups excluding carboxylic acids is 1. The fourth-order valence-corrected chi connectivity index (χ4v) is 4.25. The lowest BCUT2D eigenvalue weighted by molar-refractivity contribution is -0.125. The largest absolute Gasteiger partial charge is 0.394 e. The van der Waals surface area contributed by atoms with Crippen LogP contribution in [0.3, 0.4) is 0 Å². The van der Waals surface area contributed by atoms with E-state index in [-0.39, 0.29) is 30.6 Å². The Kier molecular flexibility index (Phi) is 6.10. The van der Waals surface area contributed by atoms with Crippen LogP contribution in [0.2, 0.25) is 0 Å². The molecular formula is C17H31N3O4. The maximum absolute atomic E-state index is 12.3. The number of ether oxygens (including phenoxy) is 1. The Balaban J connectivity index is 1.59. The van der Waals surface area contributed by atoms with Gasteiger partial charge in [0.2, 0.25) is 5.91 Å². The zero-order valence-corrected chi connectivity index (χ0v) is 14.6. The van der Waals surface area contributed by atoms with Gasteiger partial charge in [0.25, 0.3) is 0 Å². The van der Waals surface area contributed by atoms with E-state index in [1.165, 1.54) is 0 Å². The Morgan fingerprint density at radius 1 is 1.17 bits per heavy atom. The average Bonchev–Trinajstić information content (AvgIpc) is 3.22. The number of nitrogens with one attached hydrogen (secondary N) is 1. The van der Waals surface area contributed by atoms with Gasteiger partial charge in [-0.15, -0.1) is 0 Å². The Morgan fingerprint density at radius 2 is 1.83 bits per heavy atom. The molecule has 1 aliphatic carbocycles. The molecule has 0 aromatic heterocycles. The van der Waals surface area contributed by atoms with Crippen molar-refractivity contribution in [3.05, 3.63) is 0 Å². The van der Waals surface area contributed by atoms with Crippen molar-refractivity contribution in [1.82, 2.24) is 15.1 Å². The first-order chi connectivity index (χ1) is 11.6. The number of likely N-dealkylation sites (N-methyl/N-ethyl adjacent to an activating group) is 1. The van der Waals surface area contributed by atoms with Crippen LogP contribution in [0.5, 0.6) is 0 Å². The van der Waals surface area contributed by atoms with Crippen LogP contribution in [0.15, 0.2) is 0 Å². The molecule has 0 bridgehead atoms. The smallest absolute Gasteiger partial charge is 0.223 e. The summed E-state index contributed by atoms with van der Waals surface area (Å²) in [6.45, 7) is 3.85. The summed E-state index contributed by atoms with van der Waals surface area (Å²) in [7, 11) is 2.09. The SMILES string of the molecule is CN1CCN([C@@H]2[C@H](O)[C@H](CO)O[C@@H]2CNC(=O)C2CCCC2)CC1. The molecule has 2 aliphatic heterocycles. The highest BCUT2D eigenvalue weighted by Crippen LogP contribution is 2.27. The second-order valence-corrected chi connectivity index (χ2v) is 7.44. The van der Waals surface area contributed by atoms with E-state index in [9.17, 15) is 15.0 Å². The molecule has 3 aliphatic rings. The second kappa shape index (κ2) is 8.10. The zero-order valence-electron chi connectivity index (χ0n) is 14.6. The molecule has 138 valence electrons. The van der Waals surface area contributed by atoms with Gasteiger partial charge in [0.15, 0.2) is 0 Å². The van der Waals surface area contributed by atoms with E-state index in [1.807, 2.05) is 0 Å². The van der Waals surface area contributed by atoms with Crippen LogP contribution in [-0.4, -0.2) is 96.7 Å². The molecule has 2 saturated heterocycles. The van der Waals surface area contributed by atoms with Gasteiger partial charge in [0, 0.05) is 38.6 Å². The second-order valence-electron chi connectivity index (χ2n) is 7.44. The summed E-state index contributed by atoms with van der Waals surface area (Å²) in [4.78, 5) is 16.8. The van der Waals surface area contributed by atoms with Gasteiger partial charge in [-0.1, -0.05) is 12.8 Å². The first kappa shape index (κ1) is 18.1. The predicted octanol–water partition coefficient (Wildman–Crippen LogP) is -0.971. The lowest BCUT2D eigenvalue weighted by Crippen LogP contribution is -2.57. The Bertz CT molecular complexity index is 422. The topological polar surface area (TPSA) is 85.3 Å². The Hall–Kier alpha value is -0.730. The summed E-state index contributed by atoms with van der Waals surface area (Å²) in [6.07, 6.45) is 2.66. The zero-order chi connectivity index (χ0) is 17.1. The van der Waals surface area contributed by atoms with E-state index in [4.69, 9.17) is 4.74 Å². The van der Waals surface area contributed by atoms with Crippen molar-refractivity contribution in [2.24, 2.45) is 5.92 Å². The number of aliphatic hydroxyl groups is 2. The molecule has 24 heavy (non-hydrogen) atoms. The van der Waals surface area contributed by atoms with Crippen molar-refractivity contribution in [1.29, 1.82) is 0 Å². The fourth-order valence-electron chi connectivity index (χ4n) is 4.25. The molecule has 7 nitrogen and oxygen atoms in total. The molecular weight excluding hydrogens is 310 g/mol. The third kappa shape index (κ3) is 3.91. The maximum atomic E-state index is 12.3. The van der Waals surface area contributed by atoms with Crippen LogP contribution in [0.25, 0.3) is 0 Å². The van der Waals surface area contributed by atoms with Crippen molar-refractivity contribution >= 4 is 5.91 Å². The molecule has 4 atom stereocenters. The molecule has 3 N–H and O–H groups in total. The van der Waals surface area contributed by atoms with Gasteiger partial charge in [0.05, 0.1) is 18.8 Å². The van der Waals surface area contributed by atoms with Crippen LogP contribution < -0.4 is 5.32 Å². The molecule has 0 spiro atoms. The van der Waals surface area contributed by atoms with Crippen LogP contribution in [0.1, 0.15) is 25.7 Å². The standard InChI is InChI=1S/C17H31N3O4/c1-19-6-8-20(9-7-19)15-13(24-14(11-21)16(15)22)10-18-17(23)12-4-2-3-5-12/h12-16,21-22H,2-11H2,1H3,(H,18,23)/t13-,14+,15+,16-/m1/s1. The molecule has 2 heterocycles. The van der Waals surface area contributed by atoms with Crippen molar-refractivity contribution in [2.45, 2.75) is 50.0 Å². The third-order valence-electron chi connectivity index (χ3n) is 5.80. The number of piperazine rings is 1. The summed E-state index contributed by atoms with van der Waals surface area (Å²) in [5.41, 5.74) is 0. The molecule has 1 amide bonds. The first-order valence-electron chi connectivity index (χ1n) is 9.25. The highest BCUT2D eigenvalue weighted by molar-refractivity contribution is 5.78. The molecule has 3 fully saturated rings.